The summed E-state index contributed by atoms with van der Waals surface area (Å²) in [6, 6.07) is 4.81. The standard InChI is InChI=1S/C10H12BrNO3S/c1-15-10-7-8(3-4-9(10)11)16(13,14)12-5-2-6-12/h3-4,7H,2,5-6H2,1H3. The maximum absolute atomic E-state index is 12.0. The van der Waals surface area contributed by atoms with E-state index in [1.165, 1.54) is 17.5 Å². The van der Waals surface area contributed by atoms with E-state index in [2.05, 4.69) is 15.9 Å². The summed E-state index contributed by atoms with van der Waals surface area (Å²) < 4.78 is 31.4. The molecule has 88 valence electrons. The van der Waals surface area contributed by atoms with Crippen LogP contribution in [-0.2, 0) is 10.0 Å². The van der Waals surface area contributed by atoms with Gasteiger partial charge >= 0.3 is 0 Å². The average molecular weight is 306 g/mol. The lowest BCUT2D eigenvalue weighted by Gasteiger charge is -2.29. The maximum Gasteiger partial charge on any atom is 0.243 e. The van der Waals surface area contributed by atoms with Gasteiger partial charge in [-0.15, -0.1) is 0 Å². The SMILES string of the molecule is COc1cc(S(=O)(=O)N2CCC2)ccc1Br. The van der Waals surface area contributed by atoms with E-state index in [1.54, 1.807) is 12.1 Å². The highest BCUT2D eigenvalue weighted by Crippen LogP contribution is 2.30. The zero-order chi connectivity index (χ0) is 11.8. The van der Waals surface area contributed by atoms with Crippen molar-refractivity contribution in [3.8, 4) is 5.75 Å². The minimum absolute atomic E-state index is 0.284. The topological polar surface area (TPSA) is 46.6 Å². The highest BCUT2D eigenvalue weighted by Gasteiger charge is 2.29. The first-order valence-corrected chi connectivity index (χ1v) is 7.12. The van der Waals surface area contributed by atoms with Gasteiger partial charge in [-0.3, -0.25) is 0 Å². The van der Waals surface area contributed by atoms with Gasteiger partial charge in [0.15, 0.2) is 0 Å². The molecule has 0 bridgehead atoms. The normalized spacial score (nSPS) is 16.9. The van der Waals surface area contributed by atoms with Gasteiger partial charge in [-0.05, 0) is 34.5 Å². The molecule has 0 aliphatic carbocycles. The first-order chi connectivity index (χ1) is 7.55. The Morgan fingerprint density at radius 3 is 2.56 bits per heavy atom. The van der Waals surface area contributed by atoms with Crippen molar-refractivity contribution in [2.24, 2.45) is 0 Å². The van der Waals surface area contributed by atoms with Crippen LogP contribution in [0.4, 0.5) is 0 Å². The Hall–Kier alpha value is -0.590. The van der Waals surface area contributed by atoms with Crippen molar-refractivity contribution in [3.05, 3.63) is 22.7 Å². The molecule has 0 saturated carbocycles. The van der Waals surface area contributed by atoms with Crippen LogP contribution in [0.5, 0.6) is 5.75 Å². The molecular weight excluding hydrogens is 294 g/mol. The number of ether oxygens (including phenoxy) is 1. The first-order valence-electron chi connectivity index (χ1n) is 4.89. The van der Waals surface area contributed by atoms with Gasteiger partial charge < -0.3 is 4.74 Å². The smallest absolute Gasteiger partial charge is 0.243 e. The molecule has 1 heterocycles. The monoisotopic (exact) mass is 305 g/mol. The number of methoxy groups -OCH3 is 1. The van der Waals surface area contributed by atoms with Gasteiger partial charge in [-0.25, -0.2) is 8.42 Å². The van der Waals surface area contributed by atoms with Gasteiger partial charge in [0.1, 0.15) is 5.75 Å². The highest BCUT2D eigenvalue weighted by atomic mass is 79.9. The number of hydrogen-bond acceptors (Lipinski definition) is 3. The van der Waals surface area contributed by atoms with Crippen LogP contribution in [0.15, 0.2) is 27.6 Å². The maximum atomic E-state index is 12.0. The van der Waals surface area contributed by atoms with Crippen LogP contribution >= 0.6 is 15.9 Å². The summed E-state index contributed by atoms with van der Waals surface area (Å²) >= 11 is 3.29. The summed E-state index contributed by atoms with van der Waals surface area (Å²) in [5.41, 5.74) is 0. The summed E-state index contributed by atoms with van der Waals surface area (Å²) in [6.45, 7) is 1.22. The van der Waals surface area contributed by atoms with Crippen molar-refractivity contribution in [1.82, 2.24) is 4.31 Å². The zero-order valence-corrected chi connectivity index (χ0v) is 11.2. The molecule has 1 aliphatic heterocycles. The minimum Gasteiger partial charge on any atom is -0.496 e. The Morgan fingerprint density at radius 1 is 1.38 bits per heavy atom. The first kappa shape index (κ1) is 11.9. The molecule has 0 unspecified atom stereocenters. The molecule has 0 N–H and O–H groups in total. The second-order valence-electron chi connectivity index (χ2n) is 3.55. The van der Waals surface area contributed by atoms with Crippen LogP contribution in [0.2, 0.25) is 0 Å². The van der Waals surface area contributed by atoms with E-state index in [0.717, 1.165) is 10.9 Å². The number of halogens is 1. The van der Waals surface area contributed by atoms with Gasteiger partial charge in [-0.1, -0.05) is 0 Å². The molecule has 1 aliphatic rings. The molecule has 4 nitrogen and oxygen atoms in total. The number of sulfonamides is 1. The second kappa shape index (κ2) is 4.35. The molecule has 1 aromatic carbocycles. The van der Waals surface area contributed by atoms with Gasteiger partial charge in [0, 0.05) is 19.2 Å². The number of nitrogens with zero attached hydrogens (tertiary/aromatic N) is 1. The van der Waals surface area contributed by atoms with Crippen molar-refractivity contribution in [2.75, 3.05) is 20.2 Å². The van der Waals surface area contributed by atoms with E-state index >= 15 is 0 Å². The quantitative estimate of drug-likeness (QED) is 0.856. The molecule has 1 aromatic rings. The third-order valence-corrected chi connectivity index (χ3v) is 5.13. The Balaban J connectivity index is 2.40. The Kier molecular flexibility index (Phi) is 3.23. The lowest BCUT2D eigenvalue weighted by molar-refractivity contribution is 0.309. The molecule has 0 amide bonds. The van der Waals surface area contributed by atoms with Crippen molar-refractivity contribution in [2.45, 2.75) is 11.3 Å². The molecule has 2 rings (SSSR count). The lowest BCUT2D eigenvalue weighted by atomic mass is 10.3. The zero-order valence-electron chi connectivity index (χ0n) is 8.81. The van der Waals surface area contributed by atoms with Crippen LogP contribution in [0.1, 0.15) is 6.42 Å². The van der Waals surface area contributed by atoms with Crippen LogP contribution in [-0.4, -0.2) is 32.9 Å². The molecule has 0 spiro atoms. The fourth-order valence-corrected chi connectivity index (χ4v) is 3.42. The number of benzene rings is 1. The van der Waals surface area contributed by atoms with E-state index in [1.807, 2.05) is 0 Å². The Labute approximate surface area is 103 Å². The van der Waals surface area contributed by atoms with E-state index in [-0.39, 0.29) is 4.90 Å². The van der Waals surface area contributed by atoms with Crippen LogP contribution in [0.25, 0.3) is 0 Å². The summed E-state index contributed by atoms with van der Waals surface area (Å²) in [4.78, 5) is 0.284. The average Bonchev–Trinajstić information content (AvgIpc) is 2.14. The van der Waals surface area contributed by atoms with Crippen molar-refractivity contribution >= 4 is 26.0 Å². The third-order valence-electron chi connectivity index (χ3n) is 2.58. The number of rotatable bonds is 3. The minimum atomic E-state index is -3.32. The van der Waals surface area contributed by atoms with E-state index < -0.39 is 10.0 Å². The van der Waals surface area contributed by atoms with Crippen molar-refractivity contribution in [3.63, 3.8) is 0 Å². The summed E-state index contributed by atoms with van der Waals surface area (Å²) in [6.07, 6.45) is 0.937. The van der Waals surface area contributed by atoms with Gasteiger partial charge in [-0.2, -0.15) is 4.31 Å². The molecule has 0 atom stereocenters. The number of hydrogen-bond donors (Lipinski definition) is 0. The molecule has 1 saturated heterocycles. The van der Waals surface area contributed by atoms with Crippen molar-refractivity contribution < 1.29 is 13.2 Å². The Bertz CT molecular complexity index is 497. The van der Waals surface area contributed by atoms with Gasteiger partial charge in [0.2, 0.25) is 10.0 Å². The lowest BCUT2D eigenvalue weighted by Crippen LogP contribution is -2.41. The molecular formula is C10H12BrNO3S. The van der Waals surface area contributed by atoms with E-state index in [9.17, 15) is 8.42 Å². The van der Waals surface area contributed by atoms with Crippen LogP contribution < -0.4 is 4.74 Å². The molecule has 6 heteroatoms. The molecule has 0 aromatic heterocycles. The van der Waals surface area contributed by atoms with Crippen LogP contribution in [0, 0.1) is 0 Å². The van der Waals surface area contributed by atoms with Crippen molar-refractivity contribution in [1.29, 1.82) is 0 Å². The summed E-state index contributed by atoms with van der Waals surface area (Å²) in [5, 5.41) is 0. The third kappa shape index (κ3) is 1.97. The Morgan fingerprint density at radius 2 is 2.06 bits per heavy atom. The predicted octanol–water partition coefficient (Wildman–Crippen LogP) is 1.85. The molecule has 16 heavy (non-hydrogen) atoms. The highest BCUT2D eigenvalue weighted by molar-refractivity contribution is 9.10. The fourth-order valence-electron chi connectivity index (χ4n) is 1.48. The largest absolute Gasteiger partial charge is 0.496 e. The fraction of sp³-hybridized carbons (Fsp3) is 0.400. The summed E-state index contributed by atoms with van der Waals surface area (Å²) in [7, 11) is -1.81. The van der Waals surface area contributed by atoms with Gasteiger partial charge in [0.05, 0.1) is 16.5 Å². The molecule has 1 fully saturated rings. The predicted molar refractivity (Wildman–Crippen MR) is 64.1 cm³/mol. The van der Waals surface area contributed by atoms with Gasteiger partial charge in [0.25, 0.3) is 0 Å². The summed E-state index contributed by atoms with van der Waals surface area (Å²) in [5.74, 6) is 0.529. The van der Waals surface area contributed by atoms with Crippen LogP contribution in [0.3, 0.4) is 0 Å². The molecule has 0 radical (unpaired) electrons. The second-order valence-corrected chi connectivity index (χ2v) is 6.35. The van der Waals surface area contributed by atoms with E-state index in [4.69, 9.17) is 4.74 Å². The van der Waals surface area contributed by atoms with E-state index in [0.29, 0.717) is 18.8 Å².